The van der Waals surface area contributed by atoms with E-state index in [2.05, 4.69) is 0 Å². The number of aliphatic hydroxyl groups excluding tert-OH is 3. The molecule has 5 atom stereocenters. The van der Waals surface area contributed by atoms with Gasteiger partial charge in [0.25, 0.3) is 0 Å². The van der Waals surface area contributed by atoms with Crippen molar-refractivity contribution in [3.63, 3.8) is 0 Å². The number of carbonyl (C=O) groups excluding carboxylic acids is 2. The average molecular weight is 356 g/mol. The summed E-state index contributed by atoms with van der Waals surface area (Å²) in [5, 5.41) is 38.0. The van der Waals surface area contributed by atoms with Gasteiger partial charge in [0, 0.05) is 6.92 Å². The number of carboxylic acid groups (broad SMARTS) is 1. The van der Waals surface area contributed by atoms with Crippen LogP contribution < -0.4 is 4.74 Å². The van der Waals surface area contributed by atoms with Crippen LogP contribution in [-0.2, 0) is 19.1 Å². The number of esters is 2. The lowest BCUT2D eigenvalue weighted by Crippen LogP contribution is -2.60. The first-order chi connectivity index (χ1) is 11.7. The minimum atomic E-state index is -1.91. The Morgan fingerprint density at radius 2 is 1.68 bits per heavy atom. The summed E-state index contributed by atoms with van der Waals surface area (Å²) in [6.45, 7) is 1.13. The fourth-order valence-corrected chi connectivity index (χ4v) is 2.20. The van der Waals surface area contributed by atoms with Crippen LogP contribution in [0.3, 0.4) is 0 Å². The van der Waals surface area contributed by atoms with Crippen LogP contribution in [0.2, 0.25) is 0 Å². The molecule has 25 heavy (non-hydrogen) atoms. The van der Waals surface area contributed by atoms with Gasteiger partial charge in [0.1, 0.15) is 29.6 Å². The topological polar surface area (TPSA) is 160 Å². The number of hydrogen-bond donors (Lipinski definition) is 4. The van der Waals surface area contributed by atoms with Gasteiger partial charge in [-0.3, -0.25) is 4.79 Å². The van der Waals surface area contributed by atoms with Gasteiger partial charge in [-0.15, -0.1) is 0 Å². The van der Waals surface area contributed by atoms with E-state index in [9.17, 15) is 29.7 Å². The van der Waals surface area contributed by atoms with Gasteiger partial charge in [0.2, 0.25) is 6.29 Å². The summed E-state index contributed by atoms with van der Waals surface area (Å²) >= 11 is 0. The van der Waals surface area contributed by atoms with Gasteiger partial charge in [0.15, 0.2) is 6.10 Å². The molecule has 1 aliphatic heterocycles. The maximum absolute atomic E-state index is 12.2. The smallest absolute Gasteiger partial charge is 0.344 e. The van der Waals surface area contributed by atoms with E-state index in [1.165, 1.54) is 24.3 Å². The van der Waals surface area contributed by atoms with Crippen molar-refractivity contribution >= 4 is 17.9 Å². The van der Waals surface area contributed by atoms with Crippen molar-refractivity contribution in [2.75, 3.05) is 0 Å². The van der Waals surface area contributed by atoms with Crippen LogP contribution >= 0.6 is 0 Å². The van der Waals surface area contributed by atoms with Gasteiger partial charge in [-0.2, -0.15) is 0 Å². The van der Waals surface area contributed by atoms with E-state index >= 15 is 0 Å². The maximum atomic E-state index is 12.2. The fraction of sp³-hybridized carbons (Fsp3) is 0.400. The zero-order chi connectivity index (χ0) is 18.7. The number of para-hydroxylation sites is 1. The predicted octanol–water partition coefficient (Wildman–Crippen LogP) is -1.34. The predicted molar refractivity (Wildman–Crippen MR) is 77.5 cm³/mol. The van der Waals surface area contributed by atoms with Gasteiger partial charge in [-0.25, -0.2) is 9.59 Å². The third-order valence-corrected chi connectivity index (χ3v) is 3.40. The molecule has 0 amide bonds. The number of ether oxygens (including phenoxy) is 3. The molecular formula is C15H16O10. The van der Waals surface area contributed by atoms with E-state index < -0.39 is 48.6 Å². The number of aliphatic hydroxyl groups is 3. The Morgan fingerprint density at radius 1 is 1.04 bits per heavy atom. The van der Waals surface area contributed by atoms with Crippen molar-refractivity contribution in [2.45, 2.75) is 37.6 Å². The molecule has 0 radical (unpaired) electrons. The van der Waals surface area contributed by atoms with E-state index in [4.69, 9.17) is 19.3 Å². The molecule has 1 heterocycles. The molecule has 1 fully saturated rings. The van der Waals surface area contributed by atoms with Gasteiger partial charge in [-0.05, 0) is 12.1 Å². The first-order valence-corrected chi connectivity index (χ1v) is 7.13. The molecule has 136 valence electrons. The second-order valence-corrected chi connectivity index (χ2v) is 5.23. The number of benzene rings is 1. The fourth-order valence-electron chi connectivity index (χ4n) is 2.20. The summed E-state index contributed by atoms with van der Waals surface area (Å²) in [5.41, 5.74) is -0.180. The highest BCUT2D eigenvalue weighted by Crippen LogP contribution is 2.25. The number of aliphatic carboxylic acids is 1. The van der Waals surface area contributed by atoms with Crippen LogP contribution in [0.15, 0.2) is 24.3 Å². The molecule has 1 aromatic carbocycles. The van der Waals surface area contributed by atoms with Crippen molar-refractivity contribution in [2.24, 2.45) is 0 Å². The zero-order valence-electron chi connectivity index (χ0n) is 12.9. The molecule has 10 nitrogen and oxygen atoms in total. The molecule has 2 unspecified atom stereocenters. The second kappa shape index (κ2) is 7.57. The summed E-state index contributed by atoms with van der Waals surface area (Å²) in [4.78, 5) is 34.3. The van der Waals surface area contributed by atoms with E-state index in [1.807, 2.05) is 0 Å². The normalized spacial score (nSPS) is 28.9. The van der Waals surface area contributed by atoms with Crippen molar-refractivity contribution in [1.82, 2.24) is 0 Å². The minimum Gasteiger partial charge on any atom is -0.479 e. The highest BCUT2D eigenvalue weighted by atomic mass is 16.7. The van der Waals surface area contributed by atoms with E-state index in [1.54, 1.807) is 0 Å². The third-order valence-electron chi connectivity index (χ3n) is 3.40. The Kier molecular flexibility index (Phi) is 5.69. The summed E-state index contributed by atoms with van der Waals surface area (Å²) in [7, 11) is 0. The van der Waals surface area contributed by atoms with Gasteiger partial charge in [0.05, 0.1) is 0 Å². The van der Waals surface area contributed by atoms with Crippen molar-refractivity contribution in [3.8, 4) is 5.75 Å². The number of carboxylic acids is 1. The largest absolute Gasteiger partial charge is 0.479 e. The summed E-state index contributed by atoms with van der Waals surface area (Å²) in [6.07, 6.45) is -9.44. The van der Waals surface area contributed by atoms with Crippen molar-refractivity contribution in [1.29, 1.82) is 0 Å². The highest BCUT2D eigenvalue weighted by molar-refractivity contribution is 5.93. The SMILES string of the molecule is CC(=O)Oc1ccccc1C(=O)O[C@@H]1OC(C(=O)O)C(O)[C@@H](O)[C@@H]1O. The standard InChI is InChI=1S/C15H16O10/c1-6(16)23-8-5-3-2-4-7(8)14(22)25-15-11(19)9(17)10(18)12(24-15)13(20)21/h2-5,9-12,15,17-19H,1H3,(H,20,21)/t9-,10?,11+,12?,15+/m1/s1. The number of hydrogen-bond acceptors (Lipinski definition) is 9. The number of carbonyl (C=O) groups is 3. The summed E-state index contributed by atoms with van der Waals surface area (Å²) < 4.78 is 14.6. The van der Waals surface area contributed by atoms with Crippen LogP contribution in [0.4, 0.5) is 0 Å². The molecular weight excluding hydrogens is 340 g/mol. The van der Waals surface area contributed by atoms with Crippen LogP contribution in [0, 0.1) is 0 Å². The molecule has 0 bridgehead atoms. The van der Waals surface area contributed by atoms with Crippen LogP contribution in [0.1, 0.15) is 17.3 Å². The average Bonchev–Trinajstić information content (AvgIpc) is 2.54. The second-order valence-electron chi connectivity index (χ2n) is 5.23. The van der Waals surface area contributed by atoms with E-state index in [0.717, 1.165) is 6.92 Å². The Hall–Kier alpha value is -2.53. The lowest BCUT2D eigenvalue weighted by atomic mass is 9.99. The van der Waals surface area contributed by atoms with Crippen molar-refractivity contribution in [3.05, 3.63) is 29.8 Å². The first-order valence-electron chi connectivity index (χ1n) is 7.13. The Morgan fingerprint density at radius 3 is 2.28 bits per heavy atom. The lowest BCUT2D eigenvalue weighted by molar-refractivity contribution is -0.278. The van der Waals surface area contributed by atoms with E-state index in [0.29, 0.717) is 0 Å². The van der Waals surface area contributed by atoms with Crippen molar-refractivity contribution < 1.29 is 49.0 Å². The highest BCUT2D eigenvalue weighted by Gasteiger charge is 2.48. The van der Waals surface area contributed by atoms with Crippen LogP contribution in [0.25, 0.3) is 0 Å². The summed E-state index contributed by atoms with van der Waals surface area (Å²) in [5.74, 6) is -3.49. The lowest BCUT2D eigenvalue weighted by Gasteiger charge is -2.37. The molecule has 1 saturated heterocycles. The monoisotopic (exact) mass is 356 g/mol. The van der Waals surface area contributed by atoms with Gasteiger partial charge in [-0.1, -0.05) is 12.1 Å². The van der Waals surface area contributed by atoms with Gasteiger partial charge < -0.3 is 34.6 Å². The third kappa shape index (κ3) is 4.12. The van der Waals surface area contributed by atoms with Crippen LogP contribution in [0.5, 0.6) is 5.75 Å². The quantitative estimate of drug-likeness (QED) is 0.375. The van der Waals surface area contributed by atoms with E-state index in [-0.39, 0.29) is 11.3 Å². The molecule has 4 N–H and O–H groups in total. The molecule has 2 rings (SSSR count). The molecule has 1 aliphatic rings. The number of rotatable bonds is 4. The molecule has 10 heteroatoms. The Bertz CT molecular complexity index is 672. The van der Waals surface area contributed by atoms with Gasteiger partial charge >= 0.3 is 17.9 Å². The Labute approximate surface area is 141 Å². The molecule has 0 spiro atoms. The maximum Gasteiger partial charge on any atom is 0.344 e. The molecule has 0 saturated carbocycles. The zero-order valence-corrected chi connectivity index (χ0v) is 12.9. The molecule has 1 aromatic rings. The molecule has 0 aromatic heterocycles. The van der Waals surface area contributed by atoms with Crippen LogP contribution in [-0.4, -0.2) is 69.0 Å². The Balaban J connectivity index is 2.19. The summed E-state index contributed by atoms with van der Waals surface area (Å²) in [6, 6.07) is 5.56. The first kappa shape index (κ1) is 18.8. The molecule has 0 aliphatic carbocycles. The minimum absolute atomic E-state index is 0.110.